The minimum atomic E-state index is -0.545. The van der Waals surface area contributed by atoms with Crippen molar-refractivity contribution in [1.29, 1.82) is 0 Å². The molecule has 0 aliphatic carbocycles. The molecule has 0 bridgehead atoms. The van der Waals surface area contributed by atoms with Crippen LogP contribution in [-0.4, -0.2) is 31.1 Å². The molecule has 2 aromatic heterocycles. The van der Waals surface area contributed by atoms with Crippen LogP contribution >= 0.6 is 0 Å². The molecular formula is C20H12FN5O. The summed E-state index contributed by atoms with van der Waals surface area (Å²) in [7, 11) is 0. The lowest BCUT2D eigenvalue weighted by molar-refractivity contribution is 0.0965. The Bertz CT molecular complexity index is 1310. The summed E-state index contributed by atoms with van der Waals surface area (Å²) >= 11 is 0. The van der Waals surface area contributed by atoms with E-state index in [-0.39, 0.29) is 5.56 Å². The number of H-pyrrole nitrogens is 1. The first kappa shape index (κ1) is 15.4. The van der Waals surface area contributed by atoms with Gasteiger partial charge in [0.1, 0.15) is 5.82 Å². The second-order valence-corrected chi connectivity index (χ2v) is 6.10. The quantitative estimate of drug-likeness (QED) is 0.521. The fourth-order valence-electron chi connectivity index (χ4n) is 3.37. The number of carbonyl (C=O) groups excluding carboxylic acids is 1. The summed E-state index contributed by atoms with van der Waals surface area (Å²) in [6.07, 6.45) is 0. The van der Waals surface area contributed by atoms with E-state index >= 15 is 0 Å². The lowest BCUT2D eigenvalue weighted by Crippen LogP contribution is -2.13. The van der Waals surface area contributed by atoms with Crippen molar-refractivity contribution in [2.75, 3.05) is 0 Å². The molecule has 0 saturated heterocycles. The van der Waals surface area contributed by atoms with Crippen molar-refractivity contribution in [3.8, 4) is 11.4 Å². The number of rotatable bonds is 2. The molecule has 0 aliphatic rings. The zero-order valence-electron chi connectivity index (χ0n) is 13.9. The summed E-state index contributed by atoms with van der Waals surface area (Å²) in [5.74, 6) is -0.488. The summed E-state index contributed by atoms with van der Waals surface area (Å²) < 4.78 is 15.8. The first-order chi connectivity index (χ1) is 13.2. The van der Waals surface area contributed by atoms with Gasteiger partial charge in [-0.15, -0.1) is 10.2 Å². The number of nitrogens with one attached hydrogen (secondary N) is 1. The minimum Gasteiger partial charge on any atom is -0.276 e. The summed E-state index contributed by atoms with van der Waals surface area (Å²) in [5.41, 5.74) is 2.21. The SMILES string of the molecule is O=C(c1ccccc1F)n1c2ccccc2c2cc(-c3nn[nH]n3)ccc21. The van der Waals surface area contributed by atoms with E-state index in [4.69, 9.17) is 0 Å². The highest BCUT2D eigenvalue weighted by atomic mass is 19.1. The molecule has 0 amide bonds. The molecule has 3 aromatic carbocycles. The van der Waals surface area contributed by atoms with Crippen molar-refractivity contribution in [1.82, 2.24) is 25.2 Å². The zero-order chi connectivity index (χ0) is 18.4. The van der Waals surface area contributed by atoms with Crippen molar-refractivity contribution in [2.24, 2.45) is 0 Å². The lowest BCUT2D eigenvalue weighted by atomic mass is 10.1. The average Bonchev–Trinajstić information content (AvgIpc) is 3.34. The number of aromatic amines is 1. The summed E-state index contributed by atoms with van der Waals surface area (Å²) in [6, 6.07) is 19.1. The normalized spacial score (nSPS) is 11.3. The maximum atomic E-state index is 14.2. The van der Waals surface area contributed by atoms with Crippen molar-refractivity contribution in [3.63, 3.8) is 0 Å². The fraction of sp³-hybridized carbons (Fsp3) is 0. The van der Waals surface area contributed by atoms with Gasteiger partial charge in [0, 0.05) is 16.3 Å². The highest BCUT2D eigenvalue weighted by molar-refractivity contribution is 6.16. The molecule has 27 heavy (non-hydrogen) atoms. The number of hydrogen-bond donors (Lipinski definition) is 1. The Hall–Kier alpha value is -3.87. The van der Waals surface area contributed by atoms with Crippen LogP contribution in [0.4, 0.5) is 4.39 Å². The number of nitrogens with zero attached hydrogens (tertiary/aromatic N) is 4. The van der Waals surface area contributed by atoms with Crippen molar-refractivity contribution in [2.45, 2.75) is 0 Å². The molecule has 1 N–H and O–H groups in total. The Morgan fingerprint density at radius 1 is 0.926 bits per heavy atom. The fourth-order valence-corrected chi connectivity index (χ4v) is 3.37. The van der Waals surface area contributed by atoms with Crippen LogP contribution in [0.1, 0.15) is 10.4 Å². The van der Waals surface area contributed by atoms with Crippen LogP contribution in [0.5, 0.6) is 0 Å². The van der Waals surface area contributed by atoms with Gasteiger partial charge in [0.25, 0.3) is 5.91 Å². The standard InChI is InChI=1S/C20H12FN5O/c21-16-7-3-1-6-14(16)20(27)26-17-8-4-2-5-13(17)15-11-12(9-10-18(15)26)19-22-24-25-23-19/h1-11H,(H,22,23,24,25). The Kier molecular flexibility index (Phi) is 3.33. The van der Waals surface area contributed by atoms with Gasteiger partial charge in [-0.25, -0.2) is 4.39 Å². The molecule has 0 fully saturated rings. The van der Waals surface area contributed by atoms with Crippen molar-refractivity contribution >= 4 is 27.7 Å². The van der Waals surface area contributed by atoms with Crippen LogP contribution in [-0.2, 0) is 0 Å². The Morgan fingerprint density at radius 3 is 2.52 bits per heavy atom. The molecule has 0 aliphatic heterocycles. The molecule has 0 radical (unpaired) electrons. The maximum absolute atomic E-state index is 14.2. The van der Waals surface area contributed by atoms with Gasteiger partial charge in [-0.3, -0.25) is 9.36 Å². The number of tetrazole rings is 1. The number of aromatic nitrogens is 5. The van der Waals surface area contributed by atoms with E-state index in [9.17, 15) is 9.18 Å². The Labute approximate surface area is 152 Å². The molecule has 7 heteroatoms. The molecular weight excluding hydrogens is 345 g/mol. The first-order valence-electron chi connectivity index (χ1n) is 8.30. The van der Waals surface area contributed by atoms with Gasteiger partial charge in [0.2, 0.25) is 5.82 Å². The minimum absolute atomic E-state index is 0.0300. The highest BCUT2D eigenvalue weighted by Crippen LogP contribution is 2.32. The molecule has 0 atom stereocenters. The number of para-hydroxylation sites is 1. The third-order valence-electron chi connectivity index (χ3n) is 4.58. The third kappa shape index (κ3) is 2.32. The molecule has 2 heterocycles. The predicted molar refractivity (Wildman–Crippen MR) is 98.7 cm³/mol. The first-order valence-corrected chi connectivity index (χ1v) is 8.30. The molecule has 0 spiro atoms. The number of benzene rings is 3. The maximum Gasteiger partial charge on any atom is 0.265 e. The van der Waals surface area contributed by atoms with Crippen LogP contribution in [0.25, 0.3) is 33.2 Å². The van der Waals surface area contributed by atoms with Gasteiger partial charge >= 0.3 is 0 Å². The largest absolute Gasteiger partial charge is 0.276 e. The van der Waals surface area contributed by atoms with Crippen LogP contribution in [0.2, 0.25) is 0 Å². The molecule has 130 valence electrons. The number of hydrogen-bond acceptors (Lipinski definition) is 4. The van der Waals surface area contributed by atoms with E-state index < -0.39 is 11.7 Å². The summed E-state index contributed by atoms with van der Waals surface area (Å²) in [5, 5.41) is 15.8. The lowest BCUT2D eigenvalue weighted by Gasteiger charge is -2.07. The van der Waals surface area contributed by atoms with Gasteiger partial charge in [0.15, 0.2) is 0 Å². The van der Waals surface area contributed by atoms with Crippen LogP contribution in [0.15, 0.2) is 66.7 Å². The van der Waals surface area contributed by atoms with E-state index in [2.05, 4.69) is 20.6 Å². The van der Waals surface area contributed by atoms with E-state index in [1.165, 1.54) is 12.1 Å². The molecule has 0 saturated carbocycles. The second-order valence-electron chi connectivity index (χ2n) is 6.10. The molecule has 5 rings (SSSR count). The van der Waals surface area contributed by atoms with Gasteiger partial charge in [0.05, 0.1) is 16.6 Å². The Morgan fingerprint density at radius 2 is 1.70 bits per heavy atom. The molecule has 5 aromatic rings. The van der Waals surface area contributed by atoms with Crippen molar-refractivity contribution < 1.29 is 9.18 Å². The van der Waals surface area contributed by atoms with Crippen molar-refractivity contribution in [3.05, 3.63) is 78.1 Å². The Balaban J connectivity index is 1.81. The number of halogens is 1. The van der Waals surface area contributed by atoms with Gasteiger partial charge in [-0.05, 0) is 41.6 Å². The van der Waals surface area contributed by atoms with Gasteiger partial charge in [-0.2, -0.15) is 5.21 Å². The summed E-state index contributed by atoms with van der Waals surface area (Å²) in [4.78, 5) is 13.2. The van der Waals surface area contributed by atoms with E-state index in [1.54, 1.807) is 16.7 Å². The highest BCUT2D eigenvalue weighted by Gasteiger charge is 2.20. The number of carbonyl (C=O) groups is 1. The predicted octanol–water partition coefficient (Wildman–Crippen LogP) is 3.80. The van der Waals surface area contributed by atoms with E-state index in [0.29, 0.717) is 16.9 Å². The monoisotopic (exact) mass is 357 g/mol. The summed E-state index contributed by atoms with van der Waals surface area (Å²) in [6.45, 7) is 0. The topological polar surface area (TPSA) is 76.5 Å². The van der Waals surface area contributed by atoms with Gasteiger partial charge in [-0.1, -0.05) is 30.3 Å². The van der Waals surface area contributed by atoms with Gasteiger partial charge < -0.3 is 0 Å². The smallest absolute Gasteiger partial charge is 0.265 e. The zero-order valence-corrected chi connectivity index (χ0v) is 13.9. The van der Waals surface area contributed by atoms with Crippen LogP contribution in [0.3, 0.4) is 0 Å². The van der Waals surface area contributed by atoms with Crippen LogP contribution in [0, 0.1) is 5.82 Å². The average molecular weight is 357 g/mol. The second kappa shape index (κ2) is 5.84. The molecule has 6 nitrogen and oxygen atoms in total. The third-order valence-corrected chi connectivity index (χ3v) is 4.58. The van der Waals surface area contributed by atoms with Crippen LogP contribution < -0.4 is 0 Å². The van der Waals surface area contributed by atoms with E-state index in [0.717, 1.165) is 16.3 Å². The van der Waals surface area contributed by atoms with E-state index in [1.807, 2.05) is 42.5 Å². The number of fused-ring (bicyclic) bond motifs is 3. The molecule has 0 unspecified atom stereocenters.